The molecule has 1 heterocycles. The van der Waals surface area contributed by atoms with E-state index in [0.29, 0.717) is 11.1 Å². The lowest BCUT2D eigenvalue weighted by Crippen LogP contribution is -2.37. The van der Waals surface area contributed by atoms with Gasteiger partial charge in [0, 0.05) is 23.7 Å². The van der Waals surface area contributed by atoms with E-state index in [9.17, 15) is 26.8 Å². The number of nitrogens with two attached hydrogens (primary N) is 1. The Morgan fingerprint density at radius 3 is 2.47 bits per heavy atom. The number of nitrogens with zero attached hydrogens (tertiary/aromatic N) is 3. The summed E-state index contributed by atoms with van der Waals surface area (Å²) in [5.41, 5.74) is 4.74. The molecule has 0 bridgehead atoms. The van der Waals surface area contributed by atoms with Crippen molar-refractivity contribution in [2.45, 2.75) is 52.2 Å². The van der Waals surface area contributed by atoms with E-state index in [2.05, 4.69) is 5.10 Å². The first-order chi connectivity index (χ1) is 13.8. The highest BCUT2D eigenvalue weighted by Crippen LogP contribution is 2.28. The van der Waals surface area contributed by atoms with E-state index in [1.807, 2.05) is 0 Å². The Balaban J connectivity index is 2.38. The second-order valence-electron chi connectivity index (χ2n) is 7.08. The van der Waals surface area contributed by atoms with Crippen LogP contribution < -0.4 is 11.5 Å². The zero-order valence-corrected chi connectivity index (χ0v) is 17.9. The van der Waals surface area contributed by atoms with Gasteiger partial charge in [0.25, 0.3) is 0 Å². The van der Waals surface area contributed by atoms with Crippen molar-refractivity contribution in [2.75, 3.05) is 6.26 Å². The first kappa shape index (κ1) is 23.7. The summed E-state index contributed by atoms with van der Waals surface area (Å²) in [5, 5.41) is 3.79. The van der Waals surface area contributed by atoms with E-state index < -0.39 is 51.8 Å². The zero-order chi connectivity index (χ0) is 22.8. The molecule has 2 rings (SSSR count). The summed E-state index contributed by atoms with van der Waals surface area (Å²) in [5.74, 6) is -4.56. The van der Waals surface area contributed by atoms with Gasteiger partial charge in [-0.1, -0.05) is 6.92 Å². The van der Waals surface area contributed by atoms with Crippen LogP contribution in [-0.2, 0) is 27.9 Å². The highest BCUT2D eigenvalue weighted by molar-refractivity contribution is 7.88. The van der Waals surface area contributed by atoms with Gasteiger partial charge in [0.05, 0.1) is 12.2 Å². The number of amides is 1. The molecule has 1 amide bonds. The second-order valence-corrected chi connectivity index (χ2v) is 9.02. The Bertz CT molecular complexity index is 1100. The normalized spacial score (nSPS) is 14.1. The summed E-state index contributed by atoms with van der Waals surface area (Å²) in [6.45, 7) is 4.07. The van der Waals surface area contributed by atoms with Gasteiger partial charge in [-0.05, 0) is 32.4 Å². The number of halogens is 2. The SMILES string of the molecule is CC[C@H](C)N(Cc1cc(F)c(C(C)c2nn(CC(N)=O)c(=O)o2)cc1F)S(C)(=O)=O. The summed E-state index contributed by atoms with van der Waals surface area (Å²) in [7, 11) is -3.64. The lowest BCUT2D eigenvalue weighted by Gasteiger charge is -2.26. The number of rotatable bonds is 9. The molecule has 2 atom stereocenters. The van der Waals surface area contributed by atoms with Crippen molar-refractivity contribution >= 4 is 15.9 Å². The molecule has 0 radical (unpaired) electrons. The van der Waals surface area contributed by atoms with Crippen molar-refractivity contribution in [3.8, 4) is 0 Å². The smallest absolute Gasteiger partial charge is 0.392 e. The molecule has 0 spiro atoms. The predicted octanol–water partition coefficient (Wildman–Crippen LogP) is 1.31. The van der Waals surface area contributed by atoms with E-state index in [0.717, 1.165) is 22.7 Å². The van der Waals surface area contributed by atoms with E-state index in [1.165, 1.54) is 6.92 Å². The molecule has 1 aromatic heterocycles. The molecule has 166 valence electrons. The van der Waals surface area contributed by atoms with Gasteiger partial charge in [-0.25, -0.2) is 22.0 Å². The van der Waals surface area contributed by atoms with Crippen LogP contribution in [0.2, 0.25) is 0 Å². The minimum absolute atomic E-state index is 0.130. The number of carbonyl (C=O) groups excluding carboxylic acids is 1. The van der Waals surface area contributed by atoms with Crippen molar-refractivity contribution in [1.82, 2.24) is 14.1 Å². The van der Waals surface area contributed by atoms with E-state index in [-0.39, 0.29) is 23.6 Å². The maximum Gasteiger partial charge on any atom is 0.437 e. The van der Waals surface area contributed by atoms with Gasteiger partial charge in [0.2, 0.25) is 21.8 Å². The Labute approximate surface area is 172 Å². The number of benzene rings is 1. The van der Waals surface area contributed by atoms with Gasteiger partial charge in [0.15, 0.2) is 0 Å². The van der Waals surface area contributed by atoms with Crippen molar-refractivity contribution in [3.63, 3.8) is 0 Å². The van der Waals surface area contributed by atoms with Crippen LogP contribution in [0.3, 0.4) is 0 Å². The number of carbonyl (C=O) groups is 1. The van der Waals surface area contributed by atoms with Crippen LogP contribution in [0.1, 0.15) is 50.1 Å². The third kappa shape index (κ3) is 5.30. The van der Waals surface area contributed by atoms with Crippen molar-refractivity contribution in [1.29, 1.82) is 0 Å². The summed E-state index contributed by atoms with van der Waals surface area (Å²) in [6.07, 6.45) is 1.51. The van der Waals surface area contributed by atoms with Crippen molar-refractivity contribution in [2.24, 2.45) is 5.73 Å². The Hall–Kier alpha value is -2.60. The molecular formula is C18H24F2N4O5S. The van der Waals surface area contributed by atoms with Gasteiger partial charge >= 0.3 is 5.76 Å². The maximum absolute atomic E-state index is 14.8. The van der Waals surface area contributed by atoms with Crippen LogP contribution >= 0.6 is 0 Å². The van der Waals surface area contributed by atoms with E-state index in [4.69, 9.17) is 10.2 Å². The molecule has 0 saturated carbocycles. The van der Waals surface area contributed by atoms with Gasteiger partial charge in [-0.15, -0.1) is 5.10 Å². The van der Waals surface area contributed by atoms with Crippen LogP contribution in [0.15, 0.2) is 21.3 Å². The standard InChI is InChI=1S/C18H24F2N4O5S/c1-5-10(2)24(30(4,27)28)8-12-6-15(20)13(7-14(12)19)11(3)17-22-23(9-16(21)25)18(26)29-17/h6-7,10-11H,5,8-9H2,1-4H3,(H2,21,25)/t10-,11?/m0/s1. The average Bonchev–Trinajstić information content (AvgIpc) is 2.99. The first-order valence-electron chi connectivity index (χ1n) is 9.15. The third-order valence-corrected chi connectivity index (χ3v) is 6.11. The minimum atomic E-state index is -3.64. The van der Waals surface area contributed by atoms with Gasteiger partial charge in [0.1, 0.15) is 18.2 Å². The van der Waals surface area contributed by atoms with Gasteiger partial charge in [-0.3, -0.25) is 4.79 Å². The average molecular weight is 446 g/mol. The Kier molecular flexibility index (Phi) is 7.14. The largest absolute Gasteiger partial charge is 0.437 e. The number of sulfonamides is 1. The summed E-state index contributed by atoms with van der Waals surface area (Å²) >= 11 is 0. The minimum Gasteiger partial charge on any atom is -0.392 e. The zero-order valence-electron chi connectivity index (χ0n) is 17.1. The van der Waals surface area contributed by atoms with Crippen LogP contribution in [0.4, 0.5) is 8.78 Å². The quantitative estimate of drug-likeness (QED) is 0.618. The highest BCUT2D eigenvalue weighted by Gasteiger charge is 2.26. The number of hydrogen-bond acceptors (Lipinski definition) is 6. The fourth-order valence-electron chi connectivity index (χ4n) is 2.91. The summed E-state index contributed by atoms with van der Waals surface area (Å²) in [4.78, 5) is 22.7. The van der Waals surface area contributed by atoms with Crippen LogP contribution in [0.5, 0.6) is 0 Å². The first-order valence-corrected chi connectivity index (χ1v) is 11.0. The van der Waals surface area contributed by atoms with Crippen molar-refractivity contribution in [3.05, 3.63) is 51.3 Å². The van der Waals surface area contributed by atoms with Gasteiger partial charge < -0.3 is 10.2 Å². The molecule has 0 saturated heterocycles. The number of primary amides is 1. The van der Waals surface area contributed by atoms with E-state index in [1.54, 1.807) is 13.8 Å². The molecular weight excluding hydrogens is 422 g/mol. The van der Waals surface area contributed by atoms with Crippen molar-refractivity contribution < 1.29 is 26.4 Å². The Morgan fingerprint density at radius 2 is 1.93 bits per heavy atom. The third-order valence-electron chi connectivity index (χ3n) is 4.76. The van der Waals surface area contributed by atoms with E-state index >= 15 is 0 Å². The fourth-order valence-corrected chi connectivity index (χ4v) is 4.08. The molecule has 9 nitrogen and oxygen atoms in total. The molecule has 2 N–H and O–H groups in total. The van der Waals surface area contributed by atoms with Gasteiger partial charge in [-0.2, -0.15) is 8.99 Å². The Morgan fingerprint density at radius 1 is 1.30 bits per heavy atom. The molecule has 0 aliphatic rings. The molecule has 0 aliphatic carbocycles. The monoisotopic (exact) mass is 446 g/mol. The number of aromatic nitrogens is 2. The molecule has 12 heteroatoms. The molecule has 0 fully saturated rings. The predicted molar refractivity (Wildman–Crippen MR) is 104 cm³/mol. The van der Waals surface area contributed by atoms with Crippen LogP contribution in [0, 0.1) is 11.6 Å². The topological polar surface area (TPSA) is 128 Å². The summed E-state index contributed by atoms with van der Waals surface area (Å²) < 4.78 is 60.2. The number of hydrogen-bond donors (Lipinski definition) is 1. The van der Waals surface area contributed by atoms with Crippen LogP contribution in [-0.4, -0.2) is 40.7 Å². The summed E-state index contributed by atoms with van der Waals surface area (Å²) in [6, 6.07) is 1.43. The molecule has 1 aromatic carbocycles. The molecule has 2 aromatic rings. The second kappa shape index (κ2) is 9.04. The van der Waals surface area contributed by atoms with Crippen LogP contribution in [0.25, 0.3) is 0 Å². The molecule has 0 aliphatic heterocycles. The lowest BCUT2D eigenvalue weighted by atomic mass is 9.98. The molecule has 30 heavy (non-hydrogen) atoms. The maximum atomic E-state index is 14.8. The highest BCUT2D eigenvalue weighted by atomic mass is 32.2. The fraction of sp³-hybridized carbons (Fsp3) is 0.500. The molecule has 1 unspecified atom stereocenters. The lowest BCUT2D eigenvalue weighted by molar-refractivity contribution is -0.118.